The molecule has 1 aromatic rings. The minimum atomic E-state index is -0.553. The average molecular weight is 361 g/mol. The number of benzene rings is 1. The topological polar surface area (TPSA) is 75.9 Å². The molecule has 0 bridgehead atoms. The van der Waals surface area contributed by atoms with Crippen LogP contribution in [0.4, 0.5) is 5.69 Å². The molecule has 2 rings (SSSR count). The molecule has 0 saturated carbocycles. The van der Waals surface area contributed by atoms with Gasteiger partial charge in [0.2, 0.25) is 5.91 Å². The van der Waals surface area contributed by atoms with Crippen LogP contribution >= 0.6 is 0 Å². The lowest BCUT2D eigenvalue weighted by molar-refractivity contribution is -0.133. The number of carbonyl (C=O) groups is 2. The zero-order valence-electron chi connectivity index (χ0n) is 16.3. The van der Waals surface area contributed by atoms with Crippen molar-refractivity contribution in [3.8, 4) is 5.75 Å². The molecule has 2 amide bonds. The number of ether oxygens (including phenoxy) is 1. The van der Waals surface area contributed by atoms with Crippen LogP contribution in [0.1, 0.15) is 58.6 Å². The van der Waals surface area contributed by atoms with Crippen molar-refractivity contribution in [2.45, 2.75) is 59.1 Å². The van der Waals surface area contributed by atoms with E-state index in [2.05, 4.69) is 0 Å². The van der Waals surface area contributed by atoms with Gasteiger partial charge in [-0.2, -0.15) is 0 Å². The molecule has 1 aliphatic rings. The molecule has 144 valence electrons. The molecule has 0 aromatic heterocycles. The highest BCUT2D eigenvalue weighted by Gasteiger charge is 2.35. The van der Waals surface area contributed by atoms with E-state index in [1.54, 1.807) is 4.90 Å². The predicted molar refractivity (Wildman–Crippen MR) is 103 cm³/mol. The number of hydrogen-bond acceptors (Lipinski definition) is 4. The lowest BCUT2D eigenvalue weighted by Gasteiger charge is -2.35. The van der Waals surface area contributed by atoms with Crippen molar-refractivity contribution in [2.24, 2.45) is 5.73 Å². The molecule has 1 heterocycles. The summed E-state index contributed by atoms with van der Waals surface area (Å²) < 4.78 is 5.84. The minimum Gasteiger partial charge on any atom is -0.478 e. The maximum atomic E-state index is 12.9. The summed E-state index contributed by atoms with van der Waals surface area (Å²) in [5, 5.41) is 0. The Morgan fingerprint density at radius 2 is 1.92 bits per heavy atom. The maximum absolute atomic E-state index is 12.9. The second-order valence-corrected chi connectivity index (χ2v) is 6.84. The van der Waals surface area contributed by atoms with Crippen molar-refractivity contribution in [3.05, 3.63) is 23.8 Å². The van der Waals surface area contributed by atoms with Crippen molar-refractivity contribution < 1.29 is 14.3 Å². The molecule has 0 fully saturated rings. The normalized spacial score (nSPS) is 17.5. The molecule has 0 spiro atoms. The summed E-state index contributed by atoms with van der Waals surface area (Å²) in [7, 11) is 0. The number of rotatable bonds is 8. The van der Waals surface area contributed by atoms with E-state index in [0.29, 0.717) is 30.9 Å². The van der Waals surface area contributed by atoms with Crippen LogP contribution < -0.4 is 15.4 Å². The largest absolute Gasteiger partial charge is 0.478 e. The van der Waals surface area contributed by atoms with Crippen LogP contribution in [0.2, 0.25) is 0 Å². The van der Waals surface area contributed by atoms with Gasteiger partial charge < -0.3 is 15.4 Å². The van der Waals surface area contributed by atoms with E-state index in [1.165, 1.54) is 0 Å². The Bertz CT molecular complexity index is 639. The molecule has 1 aromatic carbocycles. The van der Waals surface area contributed by atoms with Gasteiger partial charge in [-0.05, 0) is 43.9 Å². The number of carbonyl (C=O) groups excluding carboxylic acids is 2. The second kappa shape index (κ2) is 9.03. The van der Waals surface area contributed by atoms with E-state index in [9.17, 15) is 9.59 Å². The monoisotopic (exact) mass is 361 g/mol. The fourth-order valence-electron chi connectivity index (χ4n) is 3.18. The Kier molecular flexibility index (Phi) is 7.03. The summed E-state index contributed by atoms with van der Waals surface area (Å²) in [6.45, 7) is 9.34. The number of nitrogens with zero attached hydrogens (tertiary/aromatic N) is 2. The molecule has 1 aliphatic heterocycles. The third-order valence-corrected chi connectivity index (χ3v) is 4.61. The lowest BCUT2D eigenvalue weighted by Crippen LogP contribution is -2.50. The molecule has 6 nitrogen and oxygen atoms in total. The van der Waals surface area contributed by atoms with Gasteiger partial charge in [-0.3, -0.25) is 14.5 Å². The first-order valence-corrected chi connectivity index (χ1v) is 9.58. The van der Waals surface area contributed by atoms with E-state index in [-0.39, 0.29) is 24.4 Å². The summed E-state index contributed by atoms with van der Waals surface area (Å²) in [6, 6.07) is 5.46. The highest BCUT2D eigenvalue weighted by molar-refractivity contribution is 6.03. The fraction of sp³-hybridized carbons (Fsp3) is 0.600. The van der Waals surface area contributed by atoms with Gasteiger partial charge in [0.15, 0.2) is 6.10 Å². The number of anilines is 1. The molecular formula is C20H31N3O3. The van der Waals surface area contributed by atoms with E-state index in [4.69, 9.17) is 10.5 Å². The maximum Gasteiger partial charge on any atom is 0.268 e. The number of amides is 2. The Labute approximate surface area is 156 Å². The number of nitrogens with two attached hydrogens (primary N) is 1. The fourth-order valence-corrected chi connectivity index (χ4v) is 3.18. The van der Waals surface area contributed by atoms with Gasteiger partial charge >= 0.3 is 0 Å². The van der Waals surface area contributed by atoms with E-state index in [0.717, 1.165) is 18.4 Å². The van der Waals surface area contributed by atoms with Gasteiger partial charge in [0.25, 0.3) is 5.91 Å². The molecule has 0 aliphatic carbocycles. The van der Waals surface area contributed by atoms with E-state index >= 15 is 0 Å². The summed E-state index contributed by atoms with van der Waals surface area (Å²) in [4.78, 5) is 29.1. The van der Waals surface area contributed by atoms with Crippen molar-refractivity contribution >= 4 is 17.5 Å². The zero-order valence-corrected chi connectivity index (χ0v) is 16.3. The SMILES string of the molecule is CCCN(CCC)C(=O)CN1C(=O)C(CC)Oc2ccc(C(C)N)cc21. The van der Waals surface area contributed by atoms with Crippen LogP contribution in [0.5, 0.6) is 5.75 Å². The third kappa shape index (κ3) is 4.36. The van der Waals surface area contributed by atoms with E-state index < -0.39 is 6.10 Å². The molecule has 2 unspecified atom stereocenters. The average Bonchev–Trinajstić information content (AvgIpc) is 2.62. The van der Waals surface area contributed by atoms with Gasteiger partial charge in [-0.25, -0.2) is 0 Å². The summed E-state index contributed by atoms with van der Waals surface area (Å²) in [6.07, 6.45) is 1.80. The Morgan fingerprint density at radius 1 is 1.27 bits per heavy atom. The quantitative estimate of drug-likeness (QED) is 0.772. The molecule has 2 atom stereocenters. The van der Waals surface area contributed by atoms with Gasteiger partial charge in [-0.1, -0.05) is 26.8 Å². The summed E-state index contributed by atoms with van der Waals surface area (Å²) >= 11 is 0. The minimum absolute atomic E-state index is 0.0315. The first kappa shape index (κ1) is 20.2. The third-order valence-electron chi connectivity index (χ3n) is 4.61. The number of hydrogen-bond donors (Lipinski definition) is 1. The first-order valence-electron chi connectivity index (χ1n) is 9.58. The van der Waals surface area contributed by atoms with Crippen molar-refractivity contribution in [1.82, 2.24) is 4.90 Å². The van der Waals surface area contributed by atoms with Crippen LogP contribution in [-0.2, 0) is 9.59 Å². The lowest BCUT2D eigenvalue weighted by atomic mass is 10.0. The van der Waals surface area contributed by atoms with Crippen LogP contribution in [0.15, 0.2) is 18.2 Å². The first-order chi connectivity index (χ1) is 12.4. The summed E-state index contributed by atoms with van der Waals surface area (Å²) in [5.41, 5.74) is 7.53. The van der Waals surface area contributed by atoms with Crippen LogP contribution in [0, 0.1) is 0 Å². The molecule has 0 saturated heterocycles. The van der Waals surface area contributed by atoms with Crippen molar-refractivity contribution in [1.29, 1.82) is 0 Å². The van der Waals surface area contributed by atoms with Crippen molar-refractivity contribution in [2.75, 3.05) is 24.5 Å². The van der Waals surface area contributed by atoms with Crippen LogP contribution in [0.3, 0.4) is 0 Å². The molecule has 2 N–H and O–H groups in total. The van der Waals surface area contributed by atoms with Crippen LogP contribution in [0.25, 0.3) is 0 Å². The molecular weight excluding hydrogens is 330 g/mol. The van der Waals surface area contributed by atoms with Gasteiger partial charge in [0.05, 0.1) is 5.69 Å². The second-order valence-electron chi connectivity index (χ2n) is 6.84. The molecule has 6 heteroatoms. The van der Waals surface area contributed by atoms with Gasteiger partial charge in [0, 0.05) is 19.1 Å². The van der Waals surface area contributed by atoms with Crippen LogP contribution in [-0.4, -0.2) is 42.5 Å². The Morgan fingerprint density at radius 3 is 2.46 bits per heavy atom. The Hall–Kier alpha value is -2.08. The molecule has 26 heavy (non-hydrogen) atoms. The molecule has 0 radical (unpaired) electrons. The number of fused-ring (bicyclic) bond motifs is 1. The van der Waals surface area contributed by atoms with Gasteiger partial charge in [0.1, 0.15) is 12.3 Å². The van der Waals surface area contributed by atoms with E-state index in [1.807, 2.05) is 50.8 Å². The zero-order chi connectivity index (χ0) is 19.3. The standard InChI is InChI=1S/C20H31N3O3/c1-5-10-22(11-6-2)19(24)13-23-16-12-15(14(4)21)8-9-18(16)26-17(7-3)20(23)25/h8-9,12,14,17H,5-7,10-11,13,21H2,1-4H3. The van der Waals surface area contributed by atoms with Crippen molar-refractivity contribution in [3.63, 3.8) is 0 Å². The highest BCUT2D eigenvalue weighted by Crippen LogP contribution is 2.36. The van der Waals surface area contributed by atoms with Gasteiger partial charge in [-0.15, -0.1) is 0 Å². The predicted octanol–water partition coefficient (Wildman–Crippen LogP) is 2.86. The smallest absolute Gasteiger partial charge is 0.268 e. The summed E-state index contributed by atoms with van der Waals surface area (Å²) in [5.74, 6) is 0.435. The Balaban J connectivity index is 2.34. The highest BCUT2D eigenvalue weighted by atomic mass is 16.5.